The summed E-state index contributed by atoms with van der Waals surface area (Å²) in [4.78, 5) is 24.4. The summed E-state index contributed by atoms with van der Waals surface area (Å²) in [5, 5.41) is 9.69. The highest BCUT2D eigenvalue weighted by molar-refractivity contribution is 6.74. The molecular weight excluding hydrogens is 448 g/mol. The van der Waals surface area contributed by atoms with Crippen molar-refractivity contribution in [3.8, 4) is 23.0 Å². The van der Waals surface area contributed by atoms with Crippen LogP contribution in [0.1, 0.15) is 38.3 Å². The summed E-state index contributed by atoms with van der Waals surface area (Å²) in [6, 6.07) is 10.2. The van der Waals surface area contributed by atoms with Crippen LogP contribution < -0.4 is 13.9 Å². The predicted octanol–water partition coefficient (Wildman–Crippen LogP) is 6.05. The van der Waals surface area contributed by atoms with Gasteiger partial charge in [0.05, 0.1) is 20.6 Å². The van der Waals surface area contributed by atoms with Gasteiger partial charge < -0.3 is 19.0 Å². The van der Waals surface area contributed by atoms with Crippen LogP contribution in [0.4, 0.5) is 0 Å². The van der Waals surface area contributed by atoms with Crippen LogP contribution >= 0.6 is 0 Å². The third-order valence-electron chi connectivity index (χ3n) is 5.83. The second kappa shape index (κ2) is 11.2. The summed E-state index contributed by atoms with van der Waals surface area (Å²) >= 11 is 0. The number of phenolic OH excluding ortho intramolecular Hbond substituents is 1. The number of rotatable bonds is 10. The van der Waals surface area contributed by atoms with Crippen LogP contribution in [-0.2, 0) is 9.59 Å². The molecule has 0 spiro atoms. The van der Waals surface area contributed by atoms with Crippen LogP contribution in [-0.4, -0.2) is 39.2 Å². The fraction of sp³-hybridized carbons (Fsp3) is 0.333. The Hall–Kier alpha value is -3.32. The molecule has 0 radical (unpaired) electrons. The SMILES string of the molecule is COc1cc(C=CC(=O)CC(=O)C=Cc2ccc(O[Si](C)(C)C(C)(C)C)c(OC)c2)ccc1O. The lowest BCUT2D eigenvalue weighted by atomic mass is 10.1. The summed E-state index contributed by atoms with van der Waals surface area (Å²) in [5.41, 5.74) is 1.45. The van der Waals surface area contributed by atoms with Crippen molar-refractivity contribution in [3.05, 3.63) is 59.7 Å². The van der Waals surface area contributed by atoms with Crippen LogP contribution in [0, 0.1) is 0 Å². The molecule has 182 valence electrons. The average molecular weight is 483 g/mol. The van der Waals surface area contributed by atoms with Crippen molar-refractivity contribution >= 4 is 32.0 Å². The monoisotopic (exact) mass is 482 g/mol. The first-order valence-corrected chi connectivity index (χ1v) is 13.9. The molecule has 0 saturated carbocycles. The number of ether oxygens (including phenoxy) is 2. The molecule has 6 nitrogen and oxygen atoms in total. The summed E-state index contributed by atoms with van der Waals surface area (Å²) in [7, 11) is 1.01. The van der Waals surface area contributed by atoms with Gasteiger partial charge in [0.15, 0.2) is 28.8 Å². The molecule has 0 bridgehead atoms. The first-order valence-electron chi connectivity index (χ1n) is 11.0. The van der Waals surface area contributed by atoms with Crippen LogP contribution in [0.15, 0.2) is 48.6 Å². The van der Waals surface area contributed by atoms with Gasteiger partial charge in [-0.05, 0) is 65.7 Å². The van der Waals surface area contributed by atoms with E-state index in [0.717, 1.165) is 5.56 Å². The van der Waals surface area contributed by atoms with E-state index in [1.54, 1.807) is 31.4 Å². The minimum Gasteiger partial charge on any atom is -0.541 e. The molecule has 0 aromatic heterocycles. The zero-order valence-electron chi connectivity index (χ0n) is 21.0. The summed E-state index contributed by atoms with van der Waals surface area (Å²) < 4.78 is 16.9. The summed E-state index contributed by atoms with van der Waals surface area (Å²) in [6.07, 6.45) is 5.72. The number of carbonyl (C=O) groups excluding carboxylic acids is 2. The van der Waals surface area contributed by atoms with E-state index >= 15 is 0 Å². The van der Waals surface area contributed by atoms with Crippen molar-refractivity contribution < 1.29 is 28.6 Å². The Balaban J connectivity index is 2.03. The minimum atomic E-state index is -2.02. The van der Waals surface area contributed by atoms with Crippen molar-refractivity contribution in [1.82, 2.24) is 0 Å². The number of allylic oxidation sites excluding steroid dienone is 2. The van der Waals surface area contributed by atoms with Gasteiger partial charge in [0, 0.05) is 0 Å². The van der Waals surface area contributed by atoms with Crippen LogP contribution in [0.3, 0.4) is 0 Å². The Morgan fingerprint density at radius 2 is 1.35 bits per heavy atom. The first-order chi connectivity index (χ1) is 15.9. The Labute approximate surface area is 203 Å². The fourth-order valence-electron chi connectivity index (χ4n) is 2.77. The molecule has 0 aliphatic rings. The van der Waals surface area contributed by atoms with Gasteiger partial charge in [-0.15, -0.1) is 0 Å². The van der Waals surface area contributed by atoms with E-state index in [0.29, 0.717) is 22.8 Å². The van der Waals surface area contributed by atoms with E-state index < -0.39 is 8.32 Å². The molecule has 0 aliphatic carbocycles. The number of aromatic hydroxyl groups is 1. The molecular formula is C27H34O6Si. The Bertz CT molecular complexity index is 1090. The lowest BCUT2D eigenvalue weighted by Crippen LogP contribution is -2.43. The number of phenols is 1. The molecule has 34 heavy (non-hydrogen) atoms. The van der Waals surface area contributed by atoms with E-state index in [4.69, 9.17) is 13.9 Å². The number of benzene rings is 2. The largest absolute Gasteiger partial charge is 0.541 e. The van der Waals surface area contributed by atoms with Crippen LogP contribution in [0.2, 0.25) is 18.1 Å². The molecule has 0 fully saturated rings. The van der Waals surface area contributed by atoms with Gasteiger partial charge in [0.25, 0.3) is 8.32 Å². The van der Waals surface area contributed by atoms with Gasteiger partial charge >= 0.3 is 0 Å². The molecule has 0 unspecified atom stereocenters. The molecule has 0 aliphatic heterocycles. The van der Waals surface area contributed by atoms with Crippen molar-refractivity contribution in [1.29, 1.82) is 0 Å². The highest BCUT2D eigenvalue weighted by atomic mass is 28.4. The number of hydrogen-bond acceptors (Lipinski definition) is 6. The molecule has 0 amide bonds. The lowest BCUT2D eigenvalue weighted by molar-refractivity contribution is -0.121. The number of hydrogen-bond donors (Lipinski definition) is 1. The van der Waals surface area contributed by atoms with E-state index in [1.807, 2.05) is 18.2 Å². The van der Waals surface area contributed by atoms with Gasteiger partial charge in [0.2, 0.25) is 0 Å². The maximum atomic E-state index is 12.3. The Morgan fingerprint density at radius 3 is 1.85 bits per heavy atom. The van der Waals surface area contributed by atoms with Gasteiger partial charge in [-0.25, -0.2) is 0 Å². The molecule has 2 rings (SSSR count). The molecule has 1 N–H and O–H groups in total. The fourth-order valence-corrected chi connectivity index (χ4v) is 3.79. The summed E-state index contributed by atoms with van der Waals surface area (Å²) in [5.74, 6) is 0.981. The number of methoxy groups -OCH3 is 2. The molecule has 2 aromatic carbocycles. The predicted molar refractivity (Wildman–Crippen MR) is 138 cm³/mol. The number of ketones is 2. The third-order valence-corrected chi connectivity index (χ3v) is 10.2. The second-order valence-electron chi connectivity index (χ2n) is 9.48. The van der Waals surface area contributed by atoms with Gasteiger partial charge in [0.1, 0.15) is 5.75 Å². The normalized spacial score (nSPS) is 12.2. The Morgan fingerprint density at radius 1 is 0.853 bits per heavy atom. The summed E-state index contributed by atoms with van der Waals surface area (Å²) in [6.45, 7) is 10.9. The molecule has 0 saturated heterocycles. The maximum absolute atomic E-state index is 12.3. The molecule has 7 heteroatoms. The minimum absolute atomic E-state index is 0.0162. The smallest absolute Gasteiger partial charge is 0.250 e. The van der Waals surface area contributed by atoms with Gasteiger partial charge in [-0.2, -0.15) is 0 Å². The second-order valence-corrected chi connectivity index (χ2v) is 14.2. The average Bonchev–Trinajstić information content (AvgIpc) is 2.76. The molecule has 0 atom stereocenters. The highest BCUT2D eigenvalue weighted by Crippen LogP contribution is 2.40. The third kappa shape index (κ3) is 7.35. The van der Waals surface area contributed by atoms with E-state index in [2.05, 4.69) is 33.9 Å². The zero-order valence-corrected chi connectivity index (χ0v) is 22.0. The van der Waals surface area contributed by atoms with E-state index in [-0.39, 0.29) is 28.8 Å². The molecule has 2 aromatic rings. The Kier molecular flexibility index (Phi) is 8.87. The zero-order chi connectivity index (χ0) is 25.5. The van der Waals surface area contributed by atoms with Crippen molar-refractivity contribution in [2.45, 2.75) is 45.3 Å². The standard InChI is InChI=1S/C27H34O6Si/c1-27(2,3)34(6,7)33-24-15-11-20(17-26(24)32-5)9-13-22(29)18-21(28)12-8-19-10-14-23(30)25(16-19)31-4/h8-17,30H,18H2,1-7H3. The van der Waals surface area contributed by atoms with Crippen molar-refractivity contribution in [3.63, 3.8) is 0 Å². The number of carbonyl (C=O) groups is 2. The van der Waals surface area contributed by atoms with Gasteiger partial charge in [-0.1, -0.05) is 45.1 Å². The first kappa shape index (κ1) is 26.9. The van der Waals surface area contributed by atoms with Crippen molar-refractivity contribution in [2.24, 2.45) is 0 Å². The maximum Gasteiger partial charge on any atom is 0.250 e. The van der Waals surface area contributed by atoms with E-state index in [1.165, 1.54) is 25.3 Å². The van der Waals surface area contributed by atoms with Crippen LogP contribution in [0.25, 0.3) is 12.2 Å². The quantitative estimate of drug-likeness (QED) is 0.252. The lowest BCUT2D eigenvalue weighted by Gasteiger charge is -2.36. The topological polar surface area (TPSA) is 82.1 Å². The van der Waals surface area contributed by atoms with Crippen molar-refractivity contribution in [2.75, 3.05) is 14.2 Å². The molecule has 0 heterocycles. The highest BCUT2D eigenvalue weighted by Gasteiger charge is 2.39. The van der Waals surface area contributed by atoms with E-state index in [9.17, 15) is 14.7 Å². The van der Waals surface area contributed by atoms with Gasteiger partial charge in [-0.3, -0.25) is 9.59 Å². The van der Waals surface area contributed by atoms with Crippen LogP contribution in [0.5, 0.6) is 23.0 Å².